The third-order valence-electron chi connectivity index (χ3n) is 3.27. The predicted molar refractivity (Wildman–Crippen MR) is 65.3 cm³/mol. The molecule has 0 heterocycles. The van der Waals surface area contributed by atoms with Crippen LogP contribution in [0.1, 0.15) is 24.4 Å². The fourth-order valence-corrected chi connectivity index (χ4v) is 2.08. The Labute approximate surface area is 114 Å². The molecule has 0 saturated heterocycles. The third kappa shape index (κ3) is 3.55. The molecule has 0 spiro atoms. The second kappa shape index (κ2) is 5.49. The fraction of sp³-hybridized carbons (Fsp3) is 0.538. The standard InChI is InChI=1S/C13H16F3NO3/c1-19-10-6-8(20-13(14,15)16)4-5-9(10)11(17)12(18)7-2-3-7/h4-7,11-12,18H,2-3,17H2,1H3/t11-,12+/m0/s1. The van der Waals surface area contributed by atoms with Gasteiger partial charge in [-0.25, -0.2) is 0 Å². The maximum atomic E-state index is 12.2. The van der Waals surface area contributed by atoms with Gasteiger partial charge in [-0.1, -0.05) is 0 Å². The van der Waals surface area contributed by atoms with Crippen LogP contribution in [0.3, 0.4) is 0 Å². The average Bonchev–Trinajstić information content (AvgIpc) is 3.19. The molecule has 7 heteroatoms. The summed E-state index contributed by atoms with van der Waals surface area (Å²) in [5.41, 5.74) is 6.40. The first kappa shape index (κ1) is 14.9. The molecule has 0 aliphatic heterocycles. The Bertz CT molecular complexity index is 474. The Morgan fingerprint density at radius 2 is 2.00 bits per heavy atom. The van der Waals surface area contributed by atoms with Gasteiger partial charge < -0.3 is 20.3 Å². The van der Waals surface area contributed by atoms with Gasteiger partial charge in [0.2, 0.25) is 0 Å². The zero-order valence-electron chi connectivity index (χ0n) is 10.9. The highest BCUT2D eigenvalue weighted by molar-refractivity contribution is 5.43. The van der Waals surface area contributed by atoms with E-state index in [1.54, 1.807) is 0 Å². The minimum atomic E-state index is -4.76. The molecule has 112 valence electrons. The van der Waals surface area contributed by atoms with Crippen molar-refractivity contribution in [1.29, 1.82) is 0 Å². The first-order chi connectivity index (χ1) is 9.31. The number of ether oxygens (including phenoxy) is 2. The summed E-state index contributed by atoms with van der Waals surface area (Å²) in [5, 5.41) is 9.99. The quantitative estimate of drug-likeness (QED) is 0.874. The van der Waals surface area contributed by atoms with Crippen LogP contribution >= 0.6 is 0 Å². The number of aliphatic hydroxyl groups is 1. The summed E-state index contributed by atoms with van der Waals surface area (Å²) < 4.78 is 45.3. The smallest absolute Gasteiger partial charge is 0.496 e. The molecule has 1 aromatic carbocycles. The van der Waals surface area contributed by atoms with Gasteiger partial charge in [0.15, 0.2) is 0 Å². The lowest BCUT2D eigenvalue weighted by atomic mass is 9.98. The summed E-state index contributed by atoms with van der Waals surface area (Å²) in [6.45, 7) is 0. The summed E-state index contributed by atoms with van der Waals surface area (Å²) in [5.74, 6) is -0.0639. The lowest BCUT2D eigenvalue weighted by molar-refractivity contribution is -0.274. The third-order valence-corrected chi connectivity index (χ3v) is 3.27. The minimum Gasteiger partial charge on any atom is -0.496 e. The first-order valence-electron chi connectivity index (χ1n) is 6.19. The van der Waals surface area contributed by atoms with E-state index in [-0.39, 0.29) is 17.4 Å². The number of nitrogens with two attached hydrogens (primary N) is 1. The number of hydrogen-bond acceptors (Lipinski definition) is 4. The van der Waals surface area contributed by atoms with Gasteiger partial charge in [0.1, 0.15) is 11.5 Å². The Morgan fingerprint density at radius 1 is 1.35 bits per heavy atom. The molecule has 0 radical (unpaired) electrons. The highest BCUT2D eigenvalue weighted by Crippen LogP contribution is 2.40. The number of rotatable bonds is 5. The first-order valence-corrected chi connectivity index (χ1v) is 6.19. The van der Waals surface area contributed by atoms with Crippen LogP contribution in [0.15, 0.2) is 18.2 Å². The van der Waals surface area contributed by atoms with Crippen LogP contribution in [0, 0.1) is 5.92 Å². The topological polar surface area (TPSA) is 64.7 Å². The Balaban J connectivity index is 2.20. The molecule has 3 N–H and O–H groups in total. The zero-order valence-corrected chi connectivity index (χ0v) is 10.9. The monoisotopic (exact) mass is 291 g/mol. The van der Waals surface area contributed by atoms with E-state index in [2.05, 4.69) is 4.74 Å². The summed E-state index contributed by atoms with van der Waals surface area (Å²) in [4.78, 5) is 0. The van der Waals surface area contributed by atoms with E-state index in [1.165, 1.54) is 13.2 Å². The van der Waals surface area contributed by atoms with Crippen molar-refractivity contribution in [3.05, 3.63) is 23.8 Å². The van der Waals surface area contributed by atoms with Gasteiger partial charge >= 0.3 is 6.36 Å². The molecule has 1 aliphatic carbocycles. The van der Waals surface area contributed by atoms with Crippen LogP contribution in [0.25, 0.3) is 0 Å². The van der Waals surface area contributed by atoms with Gasteiger partial charge in [-0.05, 0) is 30.9 Å². The number of halogens is 3. The number of aliphatic hydroxyl groups excluding tert-OH is 1. The van der Waals surface area contributed by atoms with Crippen LogP contribution in [-0.4, -0.2) is 24.7 Å². The van der Waals surface area contributed by atoms with Gasteiger partial charge in [0.05, 0.1) is 19.3 Å². The van der Waals surface area contributed by atoms with Gasteiger partial charge in [-0.2, -0.15) is 0 Å². The van der Waals surface area contributed by atoms with Crippen molar-refractivity contribution in [3.8, 4) is 11.5 Å². The fourth-order valence-electron chi connectivity index (χ4n) is 2.08. The van der Waals surface area contributed by atoms with Crippen LogP contribution in [-0.2, 0) is 0 Å². The second-order valence-corrected chi connectivity index (χ2v) is 4.81. The second-order valence-electron chi connectivity index (χ2n) is 4.81. The molecule has 4 nitrogen and oxygen atoms in total. The molecular weight excluding hydrogens is 275 g/mol. The van der Waals surface area contributed by atoms with E-state index >= 15 is 0 Å². The van der Waals surface area contributed by atoms with E-state index in [9.17, 15) is 18.3 Å². The molecule has 0 unspecified atom stereocenters. The van der Waals surface area contributed by atoms with Gasteiger partial charge in [0, 0.05) is 11.6 Å². The Morgan fingerprint density at radius 3 is 2.50 bits per heavy atom. The summed E-state index contributed by atoms with van der Waals surface area (Å²) in [7, 11) is 1.33. The van der Waals surface area contributed by atoms with E-state index in [0.29, 0.717) is 5.56 Å². The summed E-state index contributed by atoms with van der Waals surface area (Å²) in [6.07, 6.45) is -3.67. The Hall–Kier alpha value is -1.47. The van der Waals surface area contributed by atoms with Gasteiger partial charge in [-0.3, -0.25) is 0 Å². The maximum absolute atomic E-state index is 12.2. The van der Waals surface area contributed by atoms with Crippen LogP contribution in [0.2, 0.25) is 0 Å². The van der Waals surface area contributed by atoms with Crippen molar-refractivity contribution in [2.45, 2.75) is 31.3 Å². The molecule has 2 rings (SSSR count). The summed E-state index contributed by atoms with van der Waals surface area (Å²) >= 11 is 0. The molecule has 1 aromatic rings. The average molecular weight is 291 g/mol. The van der Waals surface area contributed by atoms with Crippen molar-refractivity contribution in [2.75, 3.05) is 7.11 Å². The molecular formula is C13H16F3NO3. The Kier molecular flexibility index (Phi) is 4.10. The van der Waals surface area contributed by atoms with E-state index < -0.39 is 18.5 Å². The van der Waals surface area contributed by atoms with Gasteiger partial charge in [-0.15, -0.1) is 13.2 Å². The SMILES string of the molecule is COc1cc(OC(F)(F)F)ccc1[C@H](N)[C@H](O)C1CC1. The number of alkyl halides is 3. The lowest BCUT2D eigenvalue weighted by Gasteiger charge is -2.21. The largest absolute Gasteiger partial charge is 0.573 e. The van der Waals surface area contributed by atoms with E-state index in [0.717, 1.165) is 25.0 Å². The van der Waals surface area contributed by atoms with E-state index in [1.807, 2.05) is 0 Å². The van der Waals surface area contributed by atoms with Crippen LogP contribution in [0.4, 0.5) is 13.2 Å². The van der Waals surface area contributed by atoms with Crippen molar-refractivity contribution < 1.29 is 27.8 Å². The number of methoxy groups -OCH3 is 1. The normalized spacial score (nSPS) is 18.5. The molecule has 20 heavy (non-hydrogen) atoms. The molecule has 1 aliphatic rings. The van der Waals surface area contributed by atoms with Gasteiger partial charge in [0.25, 0.3) is 0 Å². The highest BCUT2D eigenvalue weighted by atomic mass is 19.4. The van der Waals surface area contributed by atoms with Crippen molar-refractivity contribution >= 4 is 0 Å². The molecule has 1 saturated carbocycles. The van der Waals surface area contributed by atoms with Crippen LogP contribution < -0.4 is 15.2 Å². The molecule has 0 aromatic heterocycles. The molecule has 0 bridgehead atoms. The maximum Gasteiger partial charge on any atom is 0.573 e. The molecule has 0 amide bonds. The minimum absolute atomic E-state index is 0.154. The molecule has 2 atom stereocenters. The number of benzene rings is 1. The lowest BCUT2D eigenvalue weighted by Crippen LogP contribution is -2.28. The van der Waals surface area contributed by atoms with Crippen molar-refractivity contribution in [1.82, 2.24) is 0 Å². The number of hydrogen-bond donors (Lipinski definition) is 2. The zero-order chi connectivity index (χ0) is 14.9. The van der Waals surface area contributed by atoms with Crippen molar-refractivity contribution in [2.24, 2.45) is 11.7 Å². The van der Waals surface area contributed by atoms with E-state index in [4.69, 9.17) is 10.5 Å². The molecule has 1 fully saturated rings. The predicted octanol–water partition coefficient (Wildman–Crippen LogP) is 2.36. The van der Waals surface area contributed by atoms with Crippen LogP contribution in [0.5, 0.6) is 11.5 Å². The van der Waals surface area contributed by atoms with Crippen molar-refractivity contribution in [3.63, 3.8) is 0 Å². The summed E-state index contributed by atoms with van der Waals surface area (Å²) in [6, 6.07) is 2.96. The highest BCUT2D eigenvalue weighted by Gasteiger charge is 2.36.